The van der Waals surface area contributed by atoms with E-state index in [1.807, 2.05) is 0 Å². The Balaban J connectivity index is 0.00000484. The fraction of sp³-hybridized carbons (Fsp3) is 1.00. The highest BCUT2D eigenvalue weighted by atomic mass is 127. The third kappa shape index (κ3) is 14.7. The quantitative estimate of drug-likeness (QED) is 0.190. The van der Waals surface area contributed by atoms with E-state index in [9.17, 15) is 0 Å². The Morgan fingerprint density at radius 1 is 0.696 bits per heavy atom. The van der Waals surface area contributed by atoms with Crippen LogP contribution in [-0.2, 0) is 0 Å². The molecular weight excluding hydrogens is 393 g/mol. The minimum Gasteiger partial charge on any atom is -0.303 e. The molecule has 0 aromatic heterocycles. The van der Waals surface area contributed by atoms with Crippen molar-refractivity contribution in [2.24, 2.45) is 5.92 Å². The summed E-state index contributed by atoms with van der Waals surface area (Å²) in [6.07, 6.45) is 21.9. The van der Waals surface area contributed by atoms with Crippen LogP contribution in [0.2, 0.25) is 0 Å². The lowest BCUT2D eigenvalue weighted by molar-refractivity contribution is 0.317. The van der Waals surface area contributed by atoms with Gasteiger partial charge in [0.15, 0.2) is 0 Å². The molecule has 0 spiro atoms. The van der Waals surface area contributed by atoms with Crippen molar-refractivity contribution in [3.05, 3.63) is 0 Å². The monoisotopic (exact) mass is 437 g/mol. The third-order valence-electron chi connectivity index (χ3n) is 5.34. The van der Waals surface area contributed by atoms with E-state index >= 15 is 0 Å². The van der Waals surface area contributed by atoms with Crippen LogP contribution >= 0.6 is 24.0 Å². The van der Waals surface area contributed by atoms with Crippen molar-refractivity contribution in [3.63, 3.8) is 0 Å². The predicted octanol–water partition coefficient (Wildman–Crippen LogP) is 7.43. The molecule has 0 amide bonds. The zero-order valence-corrected chi connectivity index (χ0v) is 18.5. The van der Waals surface area contributed by atoms with Crippen LogP contribution in [0.4, 0.5) is 0 Å². The maximum Gasteiger partial charge on any atom is 0.000750 e. The van der Waals surface area contributed by atoms with Gasteiger partial charge in [-0.15, -0.1) is 24.0 Å². The second-order valence-corrected chi connectivity index (χ2v) is 7.79. The molecule has 1 aliphatic heterocycles. The Labute approximate surface area is 164 Å². The van der Waals surface area contributed by atoms with E-state index in [2.05, 4.69) is 18.7 Å². The van der Waals surface area contributed by atoms with E-state index in [-0.39, 0.29) is 24.0 Å². The predicted molar refractivity (Wildman–Crippen MR) is 116 cm³/mol. The van der Waals surface area contributed by atoms with Gasteiger partial charge in [-0.1, -0.05) is 97.3 Å². The standard InChI is InChI=1S/C21H43N.HI/c1-3-4-5-6-7-8-9-10-11-12-13-14-15-16-18-22-19-17-21(2)20-22;/h21H,3-20H2,1-2H3;1H. The lowest BCUT2D eigenvalue weighted by atomic mass is 10.0. The van der Waals surface area contributed by atoms with E-state index in [1.54, 1.807) is 0 Å². The van der Waals surface area contributed by atoms with E-state index < -0.39 is 0 Å². The van der Waals surface area contributed by atoms with Crippen molar-refractivity contribution in [1.29, 1.82) is 0 Å². The summed E-state index contributed by atoms with van der Waals surface area (Å²) in [5.41, 5.74) is 0. The molecule has 0 radical (unpaired) electrons. The Morgan fingerprint density at radius 2 is 1.13 bits per heavy atom. The molecule has 0 aromatic rings. The SMILES string of the molecule is CCCCCCCCCCCCCCCCN1CCC(C)C1.I. The maximum atomic E-state index is 2.67. The molecule has 0 bridgehead atoms. The molecule has 0 N–H and O–H groups in total. The lowest BCUT2D eigenvalue weighted by Crippen LogP contribution is -2.21. The van der Waals surface area contributed by atoms with Crippen molar-refractivity contribution >= 4 is 24.0 Å². The van der Waals surface area contributed by atoms with E-state index in [4.69, 9.17) is 0 Å². The van der Waals surface area contributed by atoms with Gasteiger partial charge in [-0.25, -0.2) is 0 Å². The summed E-state index contributed by atoms with van der Waals surface area (Å²) >= 11 is 0. The average Bonchev–Trinajstić information content (AvgIpc) is 2.93. The number of hydrogen-bond acceptors (Lipinski definition) is 1. The Morgan fingerprint density at radius 3 is 1.52 bits per heavy atom. The molecule has 1 aliphatic rings. The maximum absolute atomic E-state index is 2.67. The van der Waals surface area contributed by atoms with E-state index in [0.29, 0.717) is 0 Å². The van der Waals surface area contributed by atoms with Crippen LogP contribution in [-0.4, -0.2) is 24.5 Å². The van der Waals surface area contributed by atoms with Crippen LogP contribution in [0.3, 0.4) is 0 Å². The highest BCUT2D eigenvalue weighted by Gasteiger charge is 2.17. The lowest BCUT2D eigenvalue weighted by Gasteiger charge is -2.14. The molecule has 140 valence electrons. The normalized spacial score (nSPS) is 18.3. The van der Waals surface area contributed by atoms with Crippen LogP contribution in [0.25, 0.3) is 0 Å². The smallest absolute Gasteiger partial charge is 0.000750 e. The Hall–Kier alpha value is 0.690. The van der Waals surface area contributed by atoms with Gasteiger partial charge in [-0.05, 0) is 31.8 Å². The highest BCUT2D eigenvalue weighted by Crippen LogP contribution is 2.16. The first-order valence-corrected chi connectivity index (χ1v) is 10.5. The van der Waals surface area contributed by atoms with Gasteiger partial charge >= 0.3 is 0 Å². The fourth-order valence-corrected chi connectivity index (χ4v) is 3.76. The summed E-state index contributed by atoms with van der Waals surface area (Å²) in [5.74, 6) is 0.951. The molecule has 1 heterocycles. The Bertz CT molecular complexity index is 232. The highest BCUT2D eigenvalue weighted by molar-refractivity contribution is 14.0. The molecule has 1 saturated heterocycles. The molecule has 23 heavy (non-hydrogen) atoms. The Kier molecular flexibility index (Phi) is 18.0. The number of unbranched alkanes of at least 4 members (excludes halogenated alkanes) is 13. The van der Waals surface area contributed by atoms with Gasteiger partial charge in [0.1, 0.15) is 0 Å². The number of hydrogen-bond donors (Lipinski definition) is 0. The number of nitrogens with zero attached hydrogens (tertiary/aromatic N) is 1. The van der Waals surface area contributed by atoms with Crippen molar-refractivity contribution in [1.82, 2.24) is 4.90 Å². The van der Waals surface area contributed by atoms with E-state index in [1.165, 1.54) is 116 Å². The zero-order chi connectivity index (χ0) is 15.9. The first kappa shape index (κ1) is 23.7. The molecular formula is C21H44IN. The average molecular weight is 437 g/mol. The summed E-state index contributed by atoms with van der Waals surface area (Å²) < 4.78 is 0. The number of halogens is 1. The van der Waals surface area contributed by atoms with Gasteiger partial charge in [-0.2, -0.15) is 0 Å². The van der Waals surface area contributed by atoms with Gasteiger partial charge in [0, 0.05) is 6.54 Å². The molecule has 0 saturated carbocycles. The molecule has 1 atom stereocenters. The minimum atomic E-state index is 0. The second kappa shape index (κ2) is 17.5. The summed E-state index contributed by atoms with van der Waals surface area (Å²) in [6.45, 7) is 8.78. The topological polar surface area (TPSA) is 3.24 Å². The molecule has 0 aliphatic carbocycles. The third-order valence-corrected chi connectivity index (χ3v) is 5.34. The zero-order valence-electron chi connectivity index (χ0n) is 16.2. The molecule has 0 aromatic carbocycles. The van der Waals surface area contributed by atoms with Gasteiger partial charge in [0.25, 0.3) is 0 Å². The second-order valence-electron chi connectivity index (χ2n) is 7.79. The van der Waals surface area contributed by atoms with E-state index in [0.717, 1.165) is 5.92 Å². The number of rotatable bonds is 15. The summed E-state index contributed by atoms with van der Waals surface area (Å²) in [5, 5.41) is 0. The molecule has 1 nitrogen and oxygen atoms in total. The van der Waals surface area contributed by atoms with Gasteiger partial charge in [0.2, 0.25) is 0 Å². The van der Waals surface area contributed by atoms with Gasteiger partial charge in [0.05, 0.1) is 0 Å². The molecule has 1 unspecified atom stereocenters. The first-order chi connectivity index (χ1) is 10.8. The van der Waals surface area contributed by atoms with Crippen molar-refractivity contribution in [2.75, 3.05) is 19.6 Å². The van der Waals surface area contributed by atoms with Crippen molar-refractivity contribution in [3.8, 4) is 0 Å². The largest absolute Gasteiger partial charge is 0.303 e. The minimum absolute atomic E-state index is 0. The van der Waals surface area contributed by atoms with Crippen molar-refractivity contribution in [2.45, 2.75) is 110 Å². The van der Waals surface area contributed by atoms with Crippen molar-refractivity contribution < 1.29 is 0 Å². The number of likely N-dealkylation sites (tertiary alicyclic amines) is 1. The fourth-order valence-electron chi connectivity index (χ4n) is 3.76. The van der Waals surface area contributed by atoms with Crippen LogP contribution in [0.5, 0.6) is 0 Å². The molecule has 2 heteroatoms. The summed E-state index contributed by atoms with van der Waals surface area (Å²) in [4.78, 5) is 2.67. The van der Waals surface area contributed by atoms with Crippen LogP contribution in [0, 0.1) is 5.92 Å². The van der Waals surface area contributed by atoms with Crippen LogP contribution in [0.15, 0.2) is 0 Å². The summed E-state index contributed by atoms with van der Waals surface area (Å²) in [7, 11) is 0. The van der Waals surface area contributed by atoms with Crippen LogP contribution < -0.4 is 0 Å². The van der Waals surface area contributed by atoms with Gasteiger partial charge < -0.3 is 4.90 Å². The van der Waals surface area contributed by atoms with Gasteiger partial charge in [-0.3, -0.25) is 0 Å². The molecule has 1 rings (SSSR count). The van der Waals surface area contributed by atoms with Crippen LogP contribution in [0.1, 0.15) is 110 Å². The molecule has 1 fully saturated rings. The first-order valence-electron chi connectivity index (χ1n) is 10.5. The summed E-state index contributed by atoms with van der Waals surface area (Å²) in [6, 6.07) is 0.